The zero-order valence-corrected chi connectivity index (χ0v) is 20.1. The number of alkyl halides is 3. The summed E-state index contributed by atoms with van der Waals surface area (Å²) >= 11 is 0. The van der Waals surface area contributed by atoms with Gasteiger partial charge in [0.2, 0.25) is 0 Å². The smallest absolute Gasteiger partial charge is 0.416 e. The quantitative estimate of drug-likeness (QED) is 0.255. The van der Waals surface area contributed by atoms with E-state index in [0.29, 0.717) is 11.1 Å². The number of carbonyl (C=O) groups is 1. The van der Waals surface area contributed by atoms with Gasteiger partial charge in [0.1, 0.15) is 11.1 Å². The number of halogens is 3. The number of hydrogen-bond donors (Lipinski definition) is 3. The van der Waals surface area contributed by atoms with Gasteiger partial charge in [0.05, 0.1) is 12.2 Å². The average Bonchev–Trinajstić information content (AvgIpc) is 3.34. The molecule has 0 aliphatic heterocycles. The topological polar surface area (TPSA) is 95.6 Å². The van der Waals surface area contributed by atoms with Crippen molar-refractivity contribution < 1.29 is 32.6 Å². The van der Waals surface area contributed by atoms with Crippen molar-refractivity contribution >= 4 is 29.2 Å². The monoisotopic (exact) mass is 510 g/mol. The number of benzene rings is 3. The van der Waals surface area contributed by atoms with Crippen LogP contribution in [0, 0.1) is 6.92 Å². The Morgan fingerprint density at radius 2 is 1.84 bits per heavy atom. The molecule has 37 heavy (non-hydrogen) atoms. The molecule has 1 atom stereocenters. The second kappa shape index (κ2) is 10.2. The van der Waals surface area contributed by atoms with Crippen molar-refractivity contribution in [3.8, 4) is 11.1 Å². The molecule has 0 bridgehead atoms. The van der Waals surface area contributed by atoms with Crippen LogP contribution in [0.25, 0.3) is 34.4 Å². The molecule has 3 N–H and O–H groups in total. The van der Waals surface area contributed by atoms with E-state index in [1.165, 1.54) is 31.5 Å². The normalized spacial score (nSPS) is 13.8. The van der Waals surface area contributed by atoms with E-state index in [9.17, 15) is 28.2 Å². The number of aliphatic hydroxyl groups is 1. The summed E-state index contributed by atoms with van der Waals surface area (Å²) in [5, 5.41) is 21.4. The lowest BCUT2D eigenvalue weighted by atomic mass is 9.95. The second-order valence-corrected chi connectivity index (χ2v) is 8.96. The van der Waals surface area contributed by atoms with Gasteiger partial charge in [-0.1, -0.05) is 42.5 Å². The molecule has 9 heteroatoms. The summed E-state index contributed by atoms with van der Waals surface area (Å²) in [7, 11) is 0. The lowest BCUT2D eigenvalue weighted by molar-refractivity contribution is -0.146. The number of aromatic nitrogens is 1. The van der Waals surface area contributed by atoms with Gasteiger partial charge in [-0.05, 0) is 71.5 Å². The van der Waals surface area contributed by atoms with Gasteiger partial charge in [-0.25, -0.2) is 4.98 Å². The van der Waals surface area contributed by atoms with Crippen molar-refractivity contribution in [2.75, 3.05) is 6.61 Å². The molecule has 1 aromatic heterocycles. The Morgan fingerprint density at radius 1 is 1.08 bits per heavy atom. The molecule has 3 aromatic carbocycles. The Hall–Kier alpha value is -3.95. The van der Waals surface area contributed by atoms with Crippen LogP contribution in [0.15, 0.2) is 65.4 Å². The van der Waals surface area contributed by atoms with Gasteiger partial charge < -0.3 is 14.6 Å². The van der Waals surface area contributed by atoms with Crippen LogP contribution in [0.4, 0.5) is 13.2 Å². The van der Waals surface area contributed by atoms with E-state index < -0.39 is 29.9 Å². The van der Waals surface area contributed by atoms with Crippen LogP contribution < -0.4 is 5.32 Å². The van der Waals surface area contributed by atoms with Gasteiger partial charge in [-0.3, -0.25) is 10.1 Å². The van der Waals surface area contributed by atoms with Crippen molar-refractivity contribution in [2.24, 2.45) is 0 Å². The van der Waals surface area contributed by atoms with Gasteiger partial charge in [0.15, 0.2) is 12.0 Å². The van der Waals surface area contributed by atoms with Crippen LogP contribution in [-0.2, 0) is 17.5 Å². The first-order chi connectivity index (χ1) is 17.5. The van der Waals surface area contributed by atoms with E-state index in [0.717, 1.165) is 33.8 Å². The number of aliphatic hydroxyl groups excluding tert-OH is 1. The van der Waals surface area contributed by atoms with Crippen LogP contribution in [0.1, 0.15) is 34.7 Å². The number of fused-ring (bicyclic) bond motifs is 1. The molecule has 0 aliphatic rings. The summed E-state index contributed by atoms with van der Waals surface area (Å²) in [6.45, 7) is 2.48. The number of aliphatic carboxylic acids is 1. The lowest BCUT2D eigenvalue weighted by Gasteiger charge is -2.24. The van der Waals surface area contributed by atoms with E-state index in [1.54, 1.807) is 6.08 Å². The van der Waals surface area contributed by atoms with Crippen molar-refractivity contribution in [1.29, 1.82) is 0 Å². The molecule has 192 valence electrons. The van der Waals surface area contributed by atoms with Crippen molar-refractivity contribution in [3.63, 3.8) is 0 Å². The predicted molar refractivity (Wildman–Crippen MR) is 135 cm³/mol. The highest BCUT2D eigenvalue weighted by atomic mass is 19.4. The standard InChI is InChI=1S/C28H25F3N2O4/c1-17-19(4-3-5-22(17)20-9-11-24-25(13-20)37-16-32-24)7-8-21-12-18(6-10-23(21)28(29,30)31)14-33-27(2,15-34)26(35)36/h3-13,16,33-34H,14-15H2,1-2H3,(H,35,36)/b8-7+. The Labute approximate surface area is 211 Å². The summed E-state index contributed by atoms with van der Waals surface area (Å²) in [5.74, 6) is -1.26. The van der Waals surface area contributed by atoms with Crippen molar-refractivity contribution in [2.45, 2.75) is 32.1 Å². The fourth-order valence-electron chi connectivity index (χ4n) is 3.96. The minimum Gasteiger partial charge on any atom is -0.480 e. The van der Waals surface area contributed by atoms with Gasteiger partial charge in [-0.15, -0.1) is 0 Å². The van der Waals surface area contributed by atoms with E-state index in [-0.39, 0.29) is 12.1 Å². The fourth-order valence-corrected chi connectivity index (χ4v) is 3.96. The van der Waals surface area contributed by atoms with Crippen LogP contribution in [0.5, 0.6) is 0 Å². The highest BCUT2D eigenvalue weighted by molar-refractivity contribution is 5.83. The van der Waals surface area contributed by atoms with Crippen LogP contribution in [0.2, 0.25) is 0 Å². The number of oxazole rings is 1. The molecule has 0 spiro atoms. The molecule has 4 aromatic rings. The van der Waals surface area contributed by atoms with E-state index in [1.807, 2.05) is 43.3 Å². The maximum atomic E-state index is 13.7. The Balaban J connectivity index is 1.67. The molecule has 0 radical (unpaired) electrons. The lowest BCUT2D eigenvalue weighted by Crippen LogP contribution is -2.52. The van der Waals surface area contributed by atoms with Gasteiger partial charge in [-0.2, -0.15) is 13.2 Å². The summed E-state index contributed by atoms with van der Waals surface area (Å²) < 4.78 is 46.6. The summed E-state index contributed by atoms with van der Waals surface area (Å²) in [6, 6.07) is 14.8. The fraction of sp³-hybridized carbons (Fsp3) is 0.214. The van der Waals surface area contributed by atoms with Crippen LogP contribution in [0.3, 0.4) is 0 Å². The van der Waals surface area contributed by atoms with Crippen LogP contribution in [-0.4, -0.2) is 33.3 Å². The largest absolute Gasteiger partial charge is 0.480 e. The molecule has 0 saturated heterocycles. The Morgan fingerprint density at radius 3 is 2.54 bits per heavy atom. The third kappa shape index (κ3) is 5.58. The van der Waals surface area contributed by atoms with Gasteiger partial charge in [0.25, 0.3) is 0 Å². The first kappa shape index (κ1) is 26.1. The number of rotatable bonds is 8. The molecule has 6 nitrogen and oxygen atoms in total. The third-order valence-electron chi connectivity index (χ3n) is 6.35. The molecule has 0 fully saturated rings. The van der Waals surface area contributed by atoms with E-state index in [2.05, 4.69) is 10.3 Å². The number of nitrogens with zero attached hydrogens (tertiary/aromatic N) is 1. The first-order valence-corrected chi connectivity index (χ1v) is 11.4. The molecule has 0 amide bonds. The number of hydrogen-bond acceptors (Lipinski definition) is 5. The van der Waals surface area contributed by atoms with Gasteiger partial charge >= 0.3 is 12.1 Å². The number of nitrogens with one attached hydrogen (secondary N) is 1. The van der Waals surface area contributed by atoms with Crippen molar-refractivity contribution in [1.82, 2.24) is 10.3 Å². The third-order valence-corrected chi connectivity index (χ3v) is 6.35. The molecular weight excluding hydrogens is 485 g/mol. The highest BCUT2D eigenvalue weighted by Crippen LogP contribution is 2.34. The summed E-state index contributed by atoms with van der Waals surface area (Å²) in [5.41, 5.74) is 2.76. The van der Waals surface area contributed by atoms with Gasteiger partial charge in [0, 0.05) is 6.54 Å². The Kier molecular flexibility index (Phi) is 7.20. The molecule has 0 aliphatic carbocycles. The molecule has 1 heterocycles. The number of carboxylic acids is 1. The average molecular weight is 511 g/mol. The molecular formula is C28H25F3N2O4. The van der Waals surface area contributed by atoms with Crippen LogP contribution >= 0.6 is 0 Å². The minimum absolute atomic E-state index is 0.0407. The van der Waals surface area contributed by atoms with E-state index in [4.69, 9.17) is 4.42 Å². The zero-order chi connectivity index (χ0) is 26.8. The van der Waals surface area contributed by atoms with E-state index >= 15 is 0 Å². The maximum absolute atomic E-state index is 13.7. The predicted octanol–water partition coefficient (Wildman–Crippen LogP) is 5.92. The summed E-state index contributed by atoms with van der Waals surface area (Å²) in [4.78, 5) is 15.5. The SMILES string of the molecule is Cc1c(/C=C/c2cc(CNC(C)(CO)C(=O)O)ccc2C(F)(F)F)cccc1-c1ccc2ncoc2c1. The second-order valence-electron chi connectivity index (χ2n) is 8.96. The first-order valence-electron chi connectivity index (χ1n) is 11.4. The molecule has 4 rings (SSSR count). The maximum Gasteiger partial charge on any atom is 0.416 e. The zero-order valence-electron chi connectivity index (χ0n) is 20.1. The number of carboxylic acid groups (broad SMARTS) is 1. The Bertz CT molecular complexity index is 1480. The highest BCUT2D eigenvalue weighted by Gasteiger charge is 2.34. The summed E-state index contributed by atoms with van der Waals surface area (Å²) in [6.07, 6.45) is -0.173. The molecule has 1 unspecified atom stereocenters. The molecule has 0 saturated carbocycles. The van der Waals surface area contributed by atoms with Crippen molar-refractivity contribution in [3.05, 3.63) is 88.8 Å². The minimum atomic E-state index is -4.57.